The molecule has 0 saturated heterocycles. The Morgan fingerprint density at radius 2 is 1.81 bits per heavy atom. The summed E-state index contributed by atoms with van der Waals surface area (Å²) in [5.74, 6) is 0.312. The number of ether oxygens (including phenoxy) is 1. The molecule has 0 aromatic carbocycles. The molecule has 1 rings (SSSR count). The van der Waals surface area contributed by atoms with Crippen molar-refractivity contribution in [3.05, 3.63) is 0 Å². The van der Waals surface area contributed by atoms with Gasteiger partial charge in [-0.1, -0.05) is 0 Å². The minimum atomic E-state index is -3.84. The Bertz CT molecular complexity index is 433. The monoisotopic (exact) mass is 321 g/mol. The summed E-state index contributed by atoms with van der Waals surface area (Å²) in [4.78, 5) is 11.7. The smallest absolute Gasteiger partial charge is 0.407 e. The first kappa shape index (κ1) is 18.2. The van der Waals surface area contributed by atoms with Crippen LogP contribution in [0.3, 0.4) is 0 Å². The maximum Gasteiger partial charge on any atom is 0.407 e. The molecule has 1 aliphatic carbocycles. The van der Waals surface area contributed by atoms with Crippen molar-refractivity contribution in [2.75, 3.05) is 5.75 Å². The van der Waals surface area contributed by atoms with E-state index in [1.807, 2.05) is 20.8 Å². The van der Waals surface area contributed by atoms with Crippen LogP contribution in [0.5, 0.6) is 0 Å². The maximum atomic E-state index is 11.7. The number of carbonyl (C=O) groups excluding carboxylic acids is 1. The summed E-state index contributed by atoms with van der Waals surface area (Å²) in [7, 11) is -3.84. The fraction of sp³-hybridized carbons (Fsp3) is 0.929. The van der Waals surface area contributed by atoms with Crippen LogP contribution in [0, 0.1) is 5.92 Å². The zero-order valence-corrected chi connectivity index (χ0v) is 13.9. The van der Waals surface area contributed by atoms with Gasteiger partial charge in [-0.2, -0.15) is 8.42 Å². The number of rotatable bonds is 5. The molecule has 0 bridgehead atoms. The maximum absolute atomic E-state index is 11.7. The topological polar surface area (TPSA) is 92.7 Å². The van der Waals surface area contributed by atoms with Crippen LogP contribution in [0.15, 0.2) is 0 Å². The Hall–Kier alpha value is -0.820. The van der Waals surface area contributed by atoms with E-state index in [-0.39, 0.29) is 17.9 Å². The molecular formula is C14H27NO5S. The zero-order chi connectivity index (χ0) is 16.1. The number of hydrogen-bond donors (Lipinski definition) is 2. The molecule has 7 heteroatoms. The molecule has 0 unspecified atom stereocenters. The van der Waals surface area contributed by atoms with Gasteiger partial charge in [-0.05, 0) is 65.2 Å². The lowest BCUT2D eigenvalue weighted by Gasteiger charge is -2.30. The van der Waals surface area contributed by atoms with Crippen LogP contribution in [0.25, 0.3) is 0 Å². The third-order valence-corrected chi connectivity index (χ3v) is 4.39. The van der Waals surface area contributed by atoms with Crippen molar-refractivity contribution in [1.29, 1.82) is 0 Å². The van der Waals surface area contributed by atoms with E-state index in [0.717, 1.165) is 32.1 Å². The number of hydrogen-bond acceptors (Lipinski definition) is 4. The standard InChI is InChI=1S/C14H27NO5S/c1-14(2,3)20-13(16)15-12-8-6-11(7-9-12)5-4-10-21(17,18)19/h11-12H,4-10H2,1-3H3,(H,15,16)(H,17,18,19). The third-order valence-electron chi connectivity index (χ3n) is 3.58. The summed E-state index contributed by atoms with van der Waals surface area (Å²) in [6.45, 7) is 5.50. The fourth-order valence-electron chi connectivity index (χ4n) is 2.62. The highest BCUT2D eigenvalue weighted by Crippen LogP contribution is 2.28. The van der Waals surface area contributed by atoms with Crippen molar-refractivity contribution in [1.82, 2.24) is 5.32 Å². The number of nitrogens with one attached hydrogen (secondary N) is 1. The Kier molecular flexibility index (Phi) is 6.46. The predicted molar refractivity (Wildman–Crippen MR) is 80.8 cm³/mol. The molecule has 6 nitrogen and oxygen atoms in total. The molecular weight excluding hydrogens is 294 g/mol. The fourth-order valence-corrected chi connectivity index (χ4v) is 3.16. The molecule has 1 amide bonds. The summed E-state index contributed by atoms with van der Waals surface area (Å²) in [6.07, 6.45) is 4.62. The van der Waals surface area contributed by atoms with Crippen molar-refractivity contribution in [2.45, 2.75) is 70.9 Å². The molecule has 1 fully saturated rings. The van der Waals surface area contributed by atoms with E-state index >= 15 is 0 Å². The van der Waals surface area contributed by atoms with Crippen molar-refractivity contribution >= 4 is 16.2 Å². The molecule has 0 radical (unpaired) electrons. The van der Waals surface area contributed by atoms with Crippen LogP contribution in [0.1, 0.15) is 59.3 Å². The van der Waals surface area contributed by atoms with Crippen LogP contribution < -0.4 is 5.32 Å². The van der Waals surface area contributed by atoms with Gasteiger partial charge >= 0.3 is 6.09 Å². The largest absolute Gasteiger partial charge is 0.444 e. The van der Waals surface area contributed by atoms with E-state index in [4.69, 9.17) is 9.29 Å². The van der Waals surface area contributed by atoms with Crippen molar-refractivity contribution in [2.24, 2.45) is 5.92 Å². The summed E-state index contributed by atoms with van der Waals surface area (Å²) in [6, 6.07) is 0.137. The van der Waals surface area contributed by atoms with Crippen molar-refractivity contribution < 1.29 is 22.5 Å². The average molecular weight is 321 g/mol. The van der Waals surface area contributed by atoms with Crippen LogP contribution in [-0.2, 0) is 14.9 Å². The minimum Gasteiger partial charge on any atom is -0.444 e. The SMILES string of the molecule is CC(C)(C)OC(=O)NC1CCC(CCCS(=O)(=O)O)CC1. The van der Waals surface area contributed by atoms with Crippen LogP contribution in [0.4, 0.5) is 4.79 Å². The van der Waals surface area contributed by atoms with Crippen LogP contribution in [-0.4, -0.2) is 36.5 Å². The molecule has 0 spiro atoms. The summed E-state index contributed by atoms with van der Waals surface area (Å²) in [5.41, 5.74) is -0.489. The van der Waals surface area contributed by atoms with Gasteiger partial charge < -0.3 is 10.1 Å². The highest BCUT2D eigenvalue weighted by molar-refractivity contribution is 7.85. The summed E-state index contributed by atoms with van der Waals surface area (Å²) >= 11 is 0. The number of carbonyl (C=O) groups is 1. The molecule has 124 valence electrons. The van der Waals surface area contributed by atoms with E-state index in [9.17, 15) is 13.2 Å². The quantitative estimate of drug-likeness (QED) is 0.760. The normalized spacial score (nSPS) is 23.6. The highest BCUT2D eigenvalue weighted by atomic mass is 32.2. The molecule has 0 aliphatic heterocycles. The molecule has 1 aliphatic rings. The van der Waals surface area contributed by atoms with Gasteiger partial charge in [0.05, 0.1) is 5.75 Å². The Morgan fingerprint density at radius 3 is 2.29 bits per heavy atom. The predicted octanol–water partition coefficient (Wildman–Crippen LogP) is 2.74. The van der Waals surface area contributed by atoms with Gasteiger partial charge in [0, 0.05) is 6.04 Å². The van der Waals surface area contributed by atoms with Gasteiger partial charge in [-0.25, -0.2) is 4.79 Å². The van der Waals surface area contributed by atoms with Crippen LogP contribution in [0.2, 0.25) is 0 Å². The van der Waals surface area contributed by atoms with Gasteiger partial charge in [0.2, 0.25) is 0 Å². The summed E-state index contributed by atoms with van der Waals surface area (Å²) in [5, 5.41) is 2.88. The van der Waals surface area contributed by atoms with Gasteiger partial charge in [0.15, 0.2) is 0 Å². The van der Waals surface area contributed by atoms with Crippen LogP contribution >= 0.6 is 0 Å². The average Bonchev–Trinajstić information content (AvgIpc) is 2.27. The Morgan fingerprint density at radius 1 is 1.24 bits per heavy atom. The number of amides is 1. The van der Waals surface area contributed by atoms with Gasteiger partial charge in [0.25, 0.3) is 10.1 Å². The lowest BCUT2D eigenvalue weighted by atomic mass is 9.83. The molecule has 2 N–H and O–H groups in total. The minimum absolute atomic E-state index is 0.137. The molecule has 21 heavy (non-hydrogen) atoms. The first-order valence-corrected chi connectivity index (χ1v) is 9.11. The lowest BCUT2D eigenvalue weighted by molar-refractivity contribution is 0.0486. The first-order chi connectivity index (χ1) is 9.55. The van der Waals surface area contributed by atoms with E-state index < -0.39 is 15.7 Å². The second kappa shape index (κ2) is 7.45. The van der Waals surface area contributed by atoms with E-state index in [0.29, 0.717) is 12.3 Å². The lowest BCUT2D eigenvalue weighted by Crippen LogP contribution is -2.40. The second-order valence-electron chi connectivity index (χ2n) is 6.79. The molecule has 0 heterocycles. The van der Waals surface area contributed by atoms with Crippen molar-refractivity contribution in [3.63, 3.8) is 0 Å². The third kappa shape index (κ3) is 8.93. The van der Waals surface area contributed by atoms with Crippen molar-refractivity contribution in [3.8, 4) is 0 Å². The van der Waals surface area contributed by atoms with Gasteiger partial charge in [-0.3, -0.25) is 4.55 Å². The zero-order valence-electron chi connectivity index (χ0n) is 13.1. The van der Waals surface area contributed by atoms with E-state index in [1.165, 1.54) is 0 Å². The second-order valence-corrected chi connectivity index (χ2v) is 8.36. The van der Waals surface area contributed by atoms with E-state index in [1.54, 1.807) is 0 Å². The first-order valence-electron chi connectivity index (χ1n) is 7.50. The molecule has 1 saturated carbocycles. The molecule has 0 aromatic heterocycles. The highest BCUT2D eigenvalue weighted by Gasteiger charge is 2.24. The molecule has 0 atom stereocenters. The van der Waals surface area contributed by atoms with E-state index in [2.05, 4.69) is 5.32 Å². The molecule has 0 aromatic rings. The number of alkyl carbamates (subject to hydrolysis) is 1. The Balaban J connectivity index is 2.22. The van der Waals surface area contributed by atoms with Gasteiger partial charge in [-0.15, -0.1) is 0 Å². The Labute approximate surface area is 127 Å². The van der Waals surface area contributed by atoms with Gasteiger partial charge in [0.1, 0.15) is 5.60 Å². The summed E-state index contributed by atoms with van der Waals surface area (Å²) < 4.78 is 35.2.